The van der Waals surface area contributed by atoms with Crippen LogP contribution in [0, 0.1) is 6.92 Å². The lowest BCUT2D eigenvalue weighted by Crippen LogP contribution is -2.26. The molecule has 0 fully saturated rings. The van der Waals surface area contributed by atoms with Gasteiger partial charge >= 0.3 is 0 Å². The molecule has 1 heterocycles. The molecule has 1 aromatic heterocycles. The van der Waals surface area contributed by atoms with Crippen LogP contribution in [0.3, 0.4) is 0 Å². The minimum atomic E-state index is 1.06. The molecule has 0 aliphatic rings. The Morgan fingerprint density at radius 3 is 2.77 bits per heavy atom. The molecule has 0 aliphatic carbocycles. The fourth-order valence-electron chi connectivity index (χ4n) is 1.22. The van der Waals surface area contributed by atoms with Gasteiger partial charge in [-0.05, 0) is 42.9 Å². The number of rotatable bonds is 5. The number of hydrogen-bond acceptors (Lipinski definition) is 3. The third-order valence-corrected chi connectivity index (χ3v) is 3.06. The van der Waals surface area contributed by atoms with E-state index in [0.717, 1.165) is 19.6 Å². The average Bonchev–Trinajstić information content (AvgIpc) is 2.48. The first-order valence-electron chi connectivity index (χ1n) is 4.59. The second-order valence-electron chi connectivity index (χ2n) is 3.42. The van der Waals surface area contributed by atoms with Gasteiger partial charge in [0.05, 0.1) is 0 Å². The van der Waals surface area contributed by atoms with Gasteiger partial charge in [-0.3, -0.25) is 0 Å². The summed E-state index contributed by atoms with van der Waals surface area (Å²) in [5.41, 5.74) is 2.88. The number of aryl methyl sites for hydroxylation is 1. The van der Waals surface area contributed by atoms with Crippen LogP contribution in [-0.2, 0) is 6.54 Å². The van der Waals surface area contributed by atoms with Crippen molar-refractivity contribution in [3.05, 3.63) is 21.9 Å². The lowest BCUT2D eigenvalue weighted by atomic mass is 10.2. The lowest BCUT2D eigenvalue weighted by molar-refractivity contribution is 0.328. The molecule has 0 saturated carbocycles. The Balaban J connectivity index is 2.36. The van der Waals surface area contributed by atoms with Crippen molar-refractivity contribution >= 4 is 11.3 Å². The zero-order valence-electron chi connectivity index (χ0n) is 8.63. The van der Waals surface area contributed by atoms with Gasteiger partial charge in [-0.15, -0.1) is 0 Å². The first-order chi connectivity index (χ1) is 6.24. The molecule has 13 heavy (non-hydrogen) atoms. The van der Waals surface area contributed by atoms with E-state index in [9.17, 15) is 0 Å². The van der Waals surface area contributed by atoms with Gasteiger partial charge in [0.25, 0.3) is 0 Å². The summed E-state index contributed by atoms with van der Waals surface area (Å²) in [5, 5.41) is 7.60. The number of nitrogens with one attached hydrogen (secondary N) is 1. The smallest absolute Gasteiger partial charge is 0.0242 e. The summed E-state index contributed by atoms with van der Waals surface area (Å²) in [5.74, 6) is 0. The maximum absolute atomic E-state index is 3.15. The van der Waals surface area contributed by atoms with Crippen LogP contribution in [0.4, 0.5) is 0 Å². The van der Waals surface area contributed by atoms with Gasteiger partial charge in [0, 0.05) is 19.6 Å². The number of thiophene rings is 1. The Kier molecular flexibility index (Phi) is 4.42. The topological polar surface area (TPSA) is 15.3 Å². The van der Waals surface area contributed by atoms with Crippen molar-refractivity contribution < 1.29 is 0 Å². The lowest BCUT2D eigenvalue weighted by Gasteiger charge is -2.15. The molecule has 0 aliphatic heterocycles. The van der Waals surface area contributed by atoms with Crippen LogP contribution in [0.5, 0.6) is 0 Å². The van der Waals surface area contributed by atoms with E-state index in [4.69, 9.17) is 0 Å². The van der Waals surface area contributed by atoms with E-state index in [1.54, 1.807) is 11.3 Å². The normalized spacial score (nSPS) is 11.1. The van der Waals surface area contributed by atoms with Crippen LogP contribution in [0.1, 0.15) is 11.1 Å². The molecule has 0 atom stereocenters. The monoisotopic (exact) mass is 198 g/mol. The maximum atomic E-state index is 3.15. The van der Waals surface area contributed by atoms with E-state index in [0.29, 0.717) is 0 Å². The van der Waals surface area contributed by atoms with Gasteiger partial charge in [-0.25, -0.2) is 0 Å². The molecule has 0 saturated heterocycles. The molecule has 0 amide bonds. The summed E-state index contributed by atoms with van der Waals surface area (Å²) in [7, 11) is 4.15. The molecule has 1 aromatic rings. The molecule has 0 aromatic carbocycles. The van der Waals surface area contributed by atoms with Gasteiger partial charge in [0.15, 0.2) is 0 Å². The Hall–Kier alpha value is -0.380. The van der Waals surface area contributed by atoms with Crippen LogP contribution < -0.4 is 5.32 Å². The molecule has 0 unspecified atom stereocenters. The molecular formula is C10H18N2S. The van der Waals surface area contributed by atoms with Crippen molar-refractivity contribution in [1.29, 1.82) is 0 Å². The molecule has 1 rings (SSSR count). The molecular weight excluding hydrogens is 180 g/mol. The van der Waals surface area contributed by atoms with Gasteiger partial charge in [-0.1, -0.05) is 0 Å². The van der Waals surface area contributed by atoms with Gasteiger partial charge in [0.2, 0.25) is 0 Å². The van der Waals surface area contributed by atoms with Crippen molar-refractivity contribution in [2.75, 3.05) is 27.2 Å². The SMILES string of the molecule is CNCCN(C)Cc1cscc1C. The largest absolute Gasteiger partial charge is 0.318 e. The fraction of sp³-hybridized carbons (Fsp3) is 0.600. The second-order valence-corrected chi connectivity index (χ2v) is 4.16. The van der Waals surface area contributed by atoms with Crippen molar-refractivity contribution in [2.24, 2.45) is 0 Å². The molecule has 2 nitrogen and oxygen atoms in total. The van der Waals surface area contributed by atoms with E-state index in [1.165, 1.54) is 11.1 Å². The van der Waals surface area contributed by atoms with E-state index < -0.39 is 0 Å². The first kappa shape index (κ1) is 10.7. The van der Waals surface area contributed by atoms with Crippen LogP contribution in [0.2, 0.25) is 0 Å². The Bertz CT molecular complexity index is 245. The van der Waals surface area contributed by atoms with Crippen LogP contribution in [0.15, 0.2) is 10.8 Å². The molecule has 0 bridgehead atoms. The summed E-state index contributed by atoms with van der Waals surface area (Å²) in [4.78, 5) is 2.34. The molecule has 0 radical (unpaired) electrons. The van der Waals surface area contributed by atoms with Crippen molar-refractivity contribution in [1.82, 2.24) is 10.2 Å². The van der Waals surface area contributed by atoms with Crippen molar-refractivity contribution in [3.8, 4) is 0 Å². The average molecular weight is 198 g/mol. The number of hydrogen-bond donors (Lipinski definition) is 1. The molecule has 1 N–H and O–H groups in total. The zero-order chi connectivity index (χ0) is 9.68. The summed E-state index contributed by atoms with van der Waals surface area (Å²) in [6.45, 7) is 5.40. The maximum Gasteiger partial charge on any atom is 0.0242 e. The Morgan fingerprint density at radius 1 is 1.46 bits per heavy atom. The highest BCUT2D eigenvalue weighted by molar-refractivity contribution is 7.08. The summed E-state index contributed by atoms with van der Waals surface area (Å²) < 4.78 is 0. The second kappa shape index (κ2) is 5.37. The zero-order valence-corrected chi connectivity index (χ0v) is 9.45. The van der Waals surface area contributed by atoms with Gasteiger partial charge < -0.3 is 10.2 Å². The fourth-order valence-corrected chi connectivity index (χ4v) is 2.07. The highest BCUT2D eigenvalue weighted by Gasteiger charge is 2.02. The highest BCUT2D eigenvalue weighted by atomic mass is 32.1. The van der Waals surface area contributed by atoms with Crippen LogP contribution >= 0.6 is 11.3 Å². The van der Waals surface area contributed by atoms with E-state index in [2.05, 4.69) is 34.9 Å². The van der Waals surface area contributed by atoms with Crippen LogP contribution in [-0.4, -0.2) is 32.1 Å². The first-order valence-corrected chi connectivity index (χ1v) is 5.53. The highest BCUT2D eigenvalue weighted by Crippen LogP contribution is 2.14. The van der Waals surface area contributed by atoms with Gasteiger partial charge in [-0.2, -0.15) is 11.3 Å². The predicted octanol–water partition coefficient (Wildman–Crippen LogP) is 1.71. The molecule has 0 spiro atoms. The van der Waals surface area contributed by atoms with E-state index in [1.807, 2.05) is 7.05 Å². The molecule has 74 valence electrons. The minimum absolute atomic E-state index is 1.06. The predicted molar refractivity (Wildman–Crippen MR) is 59.3 cm³/mol. The standard InChI is InChI=1S/C10H18N2S/c1-9-7-13-8-10(9)6-12(3)5-4-11-2/h7-8,11H,4-6H2,1-3H3. The third-order valence-electron chi connectivity index (χ3n) is 2.15. The van der Waals surface area contributed by atoms with E-state index >= 15 is 0 Å². The number of nitrogens with zero attached hydrogens (tertiary/aromatic N) is 1. The summed E-state index contributed by atoms with van der Waals surface area (Å²) in [6, 6.07) is 0. The number of likely N-dealkylation sites (N-methyl/N-ethyl adjacent to an activating group) is 2. The quantitative estimate of drug-likeness (QED) is 0.775. The van der Waals surface area contributed by atoms with Crippen molar-refractivity contribution in [3.63, 3.8) is 0 Å². The summed E-state index contributed by atoms with van der Waals surface area (Å²) >= 11 is 1.79. The Labute approximate surface area is 84.6 Å². The minimum Gasteiger partial charge on any atom is -0.318 e. The Morgan fingerprint density at radius 2 is 2.23 bits per heavy atom. The van der Waals surface area contributed by atoms with Gasteiger partial charge in [0.1, 0.15) is 0 Å². The van der Waals surface area contributed by atoms with Crippen LogP contribution in [0.25, 0.3) is 0 Å². The third kappa shape index (κ3) is 3.46. The summed E-state index contributed by atoms with van der Waals surface area (Å²) in [6.07, 6.45) is 0. The van der Waals surface area contributed by atoms with E-state index in [-0.39, 0.29) is 0 Å². The molecule has 3 heteroatoms. The van der Waals surface area contributed by atoms with Crippen molar-refractivity contribution in [2.45, 2.75) is 13.5 Å².